The first-order chi connectivity index (χ1) is 8.25. The van der Waals surface area contributed by atoms with Gasteiger partial charge >= 0.3 is 0 Å². The van der Waals surface area contributed by atoms with Gasteiger partial charge in [-0.05, 0) is 42.5 Å². The van der Waals surface area contributed by atoms with Gasteiger partial charge in [0.1, 0.15) is 5.75 Å². The second kappa shape index (κ2) is 5.84. The summed E-state index contributed by atoms with van der Waals surface area (Å²) in [7, 11) is 0. The van der Waals surface area contributed by atoms with Crippen LogP contribution in [0.5, 0.6) is 5.75 Å². The van der Waals surface area contributed by atoms with E-state index in [4.69, 9.17) is 0 Å². The lowest BCUT2D eigenvalue weighted by atomic mass is 10.1. The molecule has 3 heteroatoms. The van der Waals surface area contributed by atoms with Crippen LogP contribution in [0.2, 0.25) is 0 Å². The minimum atomic E-state index is 0.315. The highest BCUT2D eigenvalue weighted by Crippen LogP contribution is 2.16. The van der Waals surface area contributed by atoms with Crippen molar-refractivity contribution in [2.24, 2.45) is 0 Å². The Morgan fingerprint density at radius 2 is 2.00 bits per heavy atom. The molecule has 0 saturated carbocycles. The van der Waals surface area contributed by atoms with Crippen LogP contribution >= 0.6 is 11.3 Å². The Balaban J connectivity index is 1.81. The van der Waals surface area contributed by atoms with E-state index in [1.165, 1.54) is 10.4 Å². The highest BCUT2D eigenvalue weighted by Gasteiger charge is 2.04. The normalized spacial score (nSPS) is 12.5. The van der Waals surface area contributed by atoms with E-state index in [2.05, 4.69) is 29.8 Å². The van der Waals surface area contributed by atoms with Crippen LogP contribution in [0.25, 0.3) is 0 Å². The van der Waals surface area contributed by atoms with Gasteiger partial charge in [-0.25, -0.2) is 0 Å². The van der Waals surface area contributed by atoms with Gasteiger partial charge in [0.2, 0.25) is 0 Å². The maximum atomic E-state index is 9.22. The van der Waals surface area contributed by atoms with Crippen molar-refractivity contribution in [2.75, 3.05) is 6.54 Å². The summed E-state index contributed by atoms with van der Waals surface area (Å²) in [5.74, 6) is 0.319. The van der Waals surface area contributed by atoms with Crippen LogP contribution in [0.3, 0.4) is 0 Å². The summed E-state index contributed by atoms with van der Waals surface area (Å²) in [4.78, 5) is 1.41. The summed E-state index contributed by atoms with van der Waals surface area (Å²) < 4.78 is 0. The van der Waals surface area contributed by atoms with Crippen LogP contribution in [-0.2, 0) is 6.42 Å². The van der Waals surface area contributed by atoms with Crippen molar-refractivity contribution < 1.29 is 5.11 Å². The largest absolute Gasteiger partial charge is 0.508 e. The lowest BCUT2D eigenvalue weighted by Gasteiger charge is -2.13. The SMILES string of the molecule is CC(NCCc1cccs1)c1ccc(O)cc1. The molecule has 0 aliphatic rings. The Morgan fingerprint density at radius 3 is 2.65 bits per heavy atom. The van der Waals surface area contributed by atoms with E-state index in [-0.39, 0.29) is 0 Å². The molecule has 2 aromatic rings. The van der Waals surface area contributed by atoms with Gasteiger partial charge in [-0.15, -0.1) is 11.3 Å². The van der Waals surface area contributed by atoms with Crippen molar-refractivity contribution in [3.8, 4) is 5.75 Å². The van der Waals surface area contributed by atoms with Gasteiger partial charge in [-0.1, -0.05) is 18.2 Å². The minimum Gasteiger partial charge on any atom is -0.508 e. The number of hydrogen-bond acceptors (Lipinski definition) is 3. The third-order valence-electron chi connectivity index (χ3n) is 2.80. The van der Waals surface area contributed by atoms with Gasteiger partial charge in [0.05, 0.1) is 0 Å². The van der Waals surface area contributed by atoms with Gasteiger partial charge in [-0.3, -0.25) is 0 Å². The Bertz CT molecular complexity index is 436. The Labute approximate surface area is 106 Å². The van der Waals surface area contributed by atoms with E-state index >= 15 is 0 Å². The zero-order chi connectivity index (χ0) is 12.1. The highest BCUT2D eigenvalue weighted by atomic mass is 32.1. The number of hydrogen-bond donors (Lipinski definition) is 2. The monoisotopic (exact) mass is 247 g/mol. The van der Waals surface area contributed by atoms with Crippen LogP contribution in [0.15, 0.2) is 41.8 Å². The molecule has 90 valence electrons. The van der Waals surface area contributed by atoms with Crippen LogP contribution in [-0.4, -0.2) is 11.7 Å². The third kappa shape index (κ3) is 3.58. The lowest BCUT2D eigenvalue weighted by molar-refractivity contribution is 0.474. The first-order valence-electron chi connectivity index (χ1n) is 5.80. The molecule has 0 aliphatic carbocycles. The minimum absolute atomic E-state index is 0.315. The zero-order valence-electron chi connectivity index (χ0n) is 9.89. The maximum absolute atomic E-state index is 9.22. The molecule has 0 aliphatic heterocycles. The summed E-state index contributed by atoms with van der Waals surface area (Å²) in [6.07, 6.45) is 1.07. The Hall–Kier alpha value is -1.32. The van der Waals surface area contributed by atoms with Crippen LogP contribution in [0.1, 0.15) is 23.4 Å². The lowest BCUT2D eigenvalue weighted by Crippen LogP contribution is -2.20. The molecule has 0 amide bonds. The standard InChI is InChI=1S/C14H17NOS/c1-11(12-4-6-13(16)7-5-12)15-9-8-14-3-2-10-17-14/h2-7,10-11,15-16H,8-9H2,1H3. The quantitative estimate of drug-likeness (QED) is 0.849. The number of thiophene rings is 1. The molecule has 0 fully saturated rings. The predicted octanol–water partition coefficient (Wildman–Crippen LogP) is 3.35. The van der Waals surface area contributed by atoms with E-state index in [0.717, 1.165) is 13.0 Å². The first-order valence-corrected chi connectivity index (χ1v) is 6.68. The average Bonchev–Trinajstić information content (AvgIpc) is 2.83. The van der Waals surface area contributed by atoms with Crippen molar-refractivity contribution in [1.82, 2.24) is 5.32 Å². The van der Waals surface area contributed by atoms with Crippen LogP contribution < -0.4 is 5.32 Å². The molecule has 0 saturated heterocycles. The molecule has 2 N–H and O–H groups in total. The Morgan fingerprint density at radius 1 is 1.24 bits per heavy atom. The number of rotatable bonds is 5. The molecule has 1 heterocycles. The predicted molar refractivity (Wildman–Crippen MR) is 72.5 cm³/mol. The Kier molecular flexibility index (Phi) is 4.18. The fraction of sp³-hybridized carbons (Fsp3) is 0.286. The smallest absolute Gasteiger partial charge is 0.115 e. The van der Waals surface area contributed by atoms with Gasteiger partial charge in [0.15, 0.2) is 0 Å². The van der Waals surface area contributed by atoms with Crippen molar-refractivity contribution in [3.05, 3.63) is 52.2 Å². The fourth-order valence-corrected chi connectivity index (χ4v) is 2.46. The van der Waals surface area contributed by atoms with Crippen molar-refractivity contribution in [1.29, 1.82) is 0 Å². The molecular weight excluding hydrogens is 230 g/mol. The summed E-state index contributed by atoms with van der Waals surface area (Å²) in [5.41, 5.74) is 1.20. The summed E-state index contributed by atoms with van der Waals surface area (Å²) in [6.45, 7) is 3.11. The molecule has 1 aromatic carbocycles. The summed E-state index contributed by atoms with van der Waals surface area (Å²) >= 11 is 1.80. The van der Waals surface area contributed by atoms with Gasteiger partial charge in [-0.2, -0.15) is 0 Å². The van der Waals surface area contributed by atoms with E-state index in [1.54, 1.807) is 23.5 Å². The second-order valence-corrected chi connectivity index (χ2v) is 5.13. The molecule has 17 heavy (non-hydrogen) atoms. The molecule has 0 spiro atoms. The molecule has 1 atom stereocenters. The van der Waals surface area contributed by atoms with E-state index < -0.39 is 0 Å². The number of phenols is 1. The zero-order valence-corrected chi connectivity index (χ0v) is 10.7. The topological polar surface area (TPSA) is 32.3 Å². The summed E-state index contributed by atoms with van der Waals surface area (Å²) in [6, 6.07) is 11.9. The third-order valence-corrected chi connectivity index (χ3v) is 3.73. The van der Waals surface area contributed by atoms with Crippen molar-refractivity contribution in [2.45, 2.75) is 19.4 Å². The molecule has 2 rings (SSSR count). The van der Waals surface area contributed by atoms with Gasteiger partial charge in [0, 0.05) is 17.5 Å². The molecule has 0 radical (unpaired) electrons. The van der Waals surface area contributed by atoms with Crippen molar-refractivity contribution >= 4 is 11.3 Å². The molecule has 2 nitrogen and oxygen atoms in total. The van der Waals surface area contributed by atoms with Crippen LogP contribution in [0.4, 0.5) is 0 Å². The number of aromatic hydroxyl groups is 1. The van der Waals surface area contributed by atoms with E-state index in [1.807, 2.05) is 12.1 Å². The van der Waals surface area contributed by atoms with E-state index in [0.29, 0.717) is 11.8 Å². The molecule has 1 aromatic heterocycles. The number of phenolic OH excluding ortho intramolecular Hbond substituents is 1. The molecule has 1 unspecified atom stereocenters. The number of nitrogens with one attached hydrogen (secondary N) is 1. The molecular formula is C14H17NOS. The molecule has 0 bridgehead atoms. The maximum Gasteiger partial charge on any atom is 0.115 e. The van der Waals surface area contributed by atoms with E-state index in [9.17, 15) is 5.11 Å². The number of benzene rings is 1. The average molecular weight is 247 g/mol. The van der Waals surface area contributed by atoms with Crippen molar-refractivity contribution in [3.63, 3.8) is 0 Å². The van der Waals surface area contributed by atoms with Gasteiger partial charge < -0.3 is 10.4 Å². The van der Waals surface area contributed by atoms with Crippen LogP contribution in [0, 0.1) is 0 Å². The summed E-state index contributed by atoms with van der Waals surface area (Å²) in [5, 5.41) is 14.8. The van der Waals surface area contributed by atoms with Gasteiger partial charge in [0.25, 0.3) is 0 Å². The highest BCUT2D eigenvalue weighted by molar-refractivity contribution is 7.09. The first kappa shape index (κ1) is 12.1. The fourth-order valence-electron chi connectivity index (χ4n) is 1.75. The second-order valence-electron chi connectivity index (χ2n) is 4.10.